The molecule has 1 N–H and O–H groups in total. The highest BCUT2D eigenvalue weighted by atomic mass is 19.1. The Bertz CT molecular complexity index is 614. The van der Waals surface area contributed by atoms with Crippen LogP contribution in [0.25, 0.3) is 0 Å². The normalized spacial score (nSPS) is 10.3. The Morgan fingerprint density at radius 1 is 1.14 bits per heavy atom. The fraction of sp³-hybridized carbons (Fsp3) is 0.235. The number of nitrogens with one attached hydrogen (secondary N) is 1. The molecule has 116 valence electrons. The summed E-state index contributed by atoms with van der Waals surface area (Å²) in [5.41, 5.74) is 0.907. The maximum absolute atomic E-state index is 12.8. The van der Waals surface area contributed by atoms with Gasteiger partial charge in [-0.1, -0.05) is 12.1 Å². The van der Waals surface area contributed by atoms with Gasteiger partial charge in [-0.25, -0.2) is 4.39 Å². The van der Waals surface area contributed by atoms with Crippen LogP contribution in [0.2, 0.25) is 0 Å². The van der Waals surface area contributed by atoms with E-state index >= 15 is 0 Å². The molecule has 1 amide bonds. The molecule has 2 aromatic rings. The van der Waals surface area contributed by atoms with Gasteiger partial charge < -0.3 is 14.8 Å². The molecule has 0 heterocycles. The van der Waals surface area contributed by atoms with Crippen molar-refractivity contribution in [2.45, 2.75) is 13.5 Å². The van der Waals surface area contributed by atoms with E-state index in [9.17, 15) is 9.18 Å². The molecule has 22 heavy (non-hydrogen) atoms. The van der Waals surface area contributed by atoms with Crippen LogP contribution in [-0.4, -0.2) is 19.1 Å². The van der Waals surface area contributed by atoms with Crippen LogP contribution < -0.4 is 10.1 Å². The number of hydrogen-bond acceptors (Lipinski definition) is 3. The van der Waals surface area contributed by atoms with Gasteiger partial charge in [-0.05, 0) is 48.9 Å². The highest BCUT2D eigenvalue weighted by Gasteiger charge is 2.03. The van der Waals surface area contributed by atoms with Crippen molar-refractivity contribution < 1.29 is 18.7 Å². The SMILES string of the molecule is CCOCC(=O)NCc1cccc(Oc2ccc(F)cc2)c1. The van der Waals surface area contributed by atoms with Gasteiger partial charge in [0, 0.05) is 13.2 Å². The summed E-state index contributed by atoms with van der Waals surface area (Å²) in [5.74, 6) is 0.715. The number of rotatable bonds is 7. The fourth-order valence-corrected chi connectivity index (χ4v) is 1.80. The number of hydrogen-bond donors (Lipinski definition) is 1. The molecule has 0 saturated carbocycles. The molecule has 0 unspecified atom stereocenters. The van der Waals surface area contributed by atoms with E-state index in [2.05, 4.69) is 5.32 Å². The van der Waals surface area contributed by atoms with Gasteiger partial charge in [0.2, 0.25) is 5.91 Å². The van der Waals surface area contributed by atoms with Crippen molar-refractivity contribution >= 4 is 5.91 Å². The van der Waals surface area contributed by atoms with Crippen LogP contribution in [0.5, 0.6) is 11.5 Å². The first-order chi connectivity index (χ1) is 10.7. The van der Waals surface area contributed by atoms with E-state index in [1.165, 1.54) is 12.1 Å². The minimum atomic E-state index is -0.307. The van der Waals surface area contributed by atoms with Gasteiger partial charge in [-0.2, -0.15) is 0 Å². The number of carbonyl (C=O) groups excluding carboxylic acids is 1. The average molecular weight is 303 g/mol. The van der Waals surface area contributed by atoms with Gasteiger partial charge in [0.15, 0.2) is 0 Å². The summed E-state index contributed by atoms with van der Waals surface area (Å²) in [7, 11) is 0. The second-order valence-corrected chi connectivity index (χ2v) is 4.62. The number of carbonyl (C=O) groups is 1. The van der Waals surface area contributed by atoms with Crippen molar-refractivity contribution in [2.24, 2.45) is 0 Å². The Balaban J connectivity index is 1.92. The van der Waals surface area contributed by atoms with Crippen LogP contribution in [0.3, 0.4) is 0 Å². The first-order valence-electron chi connectivity index (χ1n) is 7.04. The van der Waals surface area contributed by atoms with Crippen molar-refractivity contribution in [2.75, 3.05) is 13.2 Å². The fourth-order valence-electron chi connectivity index (χ4n) is 1.80. The van der Waals surface area contributed by atoms with Gasteiger partial charge in [-0.3, -0.25) is 4.79 Å². The zero-order valence-corrected chi connectivity index (χ0v) is 12.3. The van der Waals surface area contributed by atoms with E-state index in [1.54, 1.807) is 18.2 Å². The van der Waals surface area contributed by atoms with E-state index in [-0.39, 0.29) is 18.3 Å². The quantitative estimate of drug-likeness (QED) is 0.854. The summed E-state index contributed by atoms with van der Waals surface area (Å²) in [4.78, 5) is 11.5. The van der Waals surface area contributed by atoms with Crippen molar-refractivity contribution in [3.8, 4) is 11.5 Å². The largest absolute Gasteiger partial charge is 0.457 e. The Morgan fingerprint density at radius 3 is 2.64 bits per heavy atom. The zero-order valence-electron chi connectivity index (χ0n) is 12.3. The summed E-state index contributed by atoms with van der Waals surface area (Å²) in [6, 6.07) is 13.2. The monoisotopic (exact) mass is 303 g/mol. The smallest absolute Gasteiger partial charge is 0.246 e. The molecule has 0 spiro atoms. The molecular formula is C17H18FNO3. The highest BCUT2D eigenvalue weighted by Crippen LogP contribution is 2.22. The lowest BCUT2D eigenvalue weighted by molar-refractivity contribution is -0.125. The van der Waals surface area contributed by atoms with Crippen LogP contribution in [0, 0.1) is 5.82 Å². The Kier molecular flexibility index (Phi) is 5.91. The van der Waals surface area contributed by atoms with E-state index in [1.807, 2.05) is 25.1 Å². The molecule has 0 fully saturated rings. The van der Waals surface area contributed by atoms with Gasteiger partial charge in [0.1, 0.15) is 23.9 Å². The van der Waals surface area contributed by atoms with Crippen LogP contribution in [-0.2, 0) is 16.1 Å². The minimum absolute atomic E-state index is 0.0578. The van der Waals surface area contributed by atoms with Crippen molar-refractivity contribution in [1.29, 1.82) is 0 Å². The number of ether oxygens (including phenoxy) is 2. The second kappa shape index (κ2) is 8.14. The number of amides is 1. The third kappa shape index (κ3) is 5.18. The van der Waals surface area contributed by atoms with E-state index in [0.717, 1.165) is 5.56 Å². The summed E-state index contributed by atoms with van der Waals surface area (Å²) < 4.78 is 23.5. The number of benzene rings is 2. The summed E-state index contributed by atoms with van der Waals surface area (Å²) in [5, 5.41) is 2.76. The molecule has 0 bridgehead atoms. The van der Waals surface area contributed by atoms with Gasteiger partial charge in [0.25, 0.3) is 0 Å². The maximum Gasteiger partial charge on any atom is 0.246 e. The summed E-state index contributed by atoms with van der Waals surface area (Å²) >= 11 is 0. The molecule has 2 aromatic carbocycles. The Morgan fingerprint density at radius 2 is 1.91 bits per heavy atom. The third-order valence-electron chi connectivity index (χ3n) is 2.87. The molecule has 5 heteroatoms. The first kappa shape index (κ1) is 16.0. The number of halogens is 1. The van der Waals surface area contributed by atoms with E-state index in [4.69, 9.17) is 9.47 Å². The van der Waals surface area contributed by atoms with Crippen molar-refractivity contribution in [1.82, 2.24) is 5.32 Å². The van der Waals surface area contributed by atoms with E-state index < -0.39 is 0 Å². The molecule has 0 aliphatic carbocycles. The van der Waals surface area contributed by atoms with Crippen LogP contribution in [0.4, 0.5) is 4.39 Å². The topological polar surface area (TPSA) is 47.6 Å². The van der Waals surface area contributed by atoms with Crippen molar-refractivity contribution in [3.05, 3.63) is 59.9 Å². The first-order valence-corrected chi connectivity index (χ1v) is 7.04. The summed E-state index contributed by atoms with van der Waals surface area (Å²) in [6.07, 6.45) is 0. The molecule has 2 rings (SSSR count). The predicted molar refractivity (Wildman–Crippen MR) is 81.3 cm³/mol. The third-order valence-corrected chi connectivity index (χ3v) is 2.87. The maximum atomic E-state index is 12.8. The summed E-state index contributed by atoms with van der Waals surface area (Å²) in [6.45, 7) is 2.80. The lowest BCUT2D eigenvalue weighted by Gasteiger charge is -2.09. The molecule has 0 radical (unpaired) electrons. The molecule has 0 aromatic heterocycles. The van der Waals surface area contributed by atoms with Crippen LogP contribution in [0.15, 0.2) is 48.5 Å². The molecular weight excluding hydrogens is 285 g/mol. The lowest BCUT2D eigenvalue weighted by Crippen LogP contribution is -2.27. The van der Waals surface area contributed by atoms with Crippen molar-refractivity contribution in [3.63, 3.8) is 0 Å². The highest BCUT2D eigenvalue weighted by molar-refractivity contribution is 5.77. The van der Waals surface area contributed by atoms with Gasteiger partial charge in [0.05, 0.1) is 0 Å². The van der Waals surface area contributed by atoms with Gasteiger partial charge in [-0.15, -0.1) is 0 Å². The van der Waals surface area contributed by atoms with Crippen LogP contribution >= 0.6 is 0 Å². The minimum Gasteiger partial charge on any atom is -0.457 e. The molecule has 4 nitrogen and oxygen atoms in total. The standard InChI is InChI=1S/C17H18FNO3/c1-2-21-12-17(20)19-11-13-4-3-5-16(10-13)22-15-8-6-14(18)7-9-15/h3-10H,2,11-12H2,1H3,(H,19,20). The molecule has 0 atom stereocenters. The van der Waals surface area contributed by atoms with Gasteiger partial charge >= 0.3 is 0 Å². The van der Waals surface area contributed by atoms with Crippen LogP contribution in [0.1, 0.15) is 12.5 Å². The second-order valence-electron chi connectivity index (χ2n) is 4.62. The lowest BCUT2D eigenvalue weighted by atomic mass is 10.2. The Hall–Kier alpha value is -2.40. The Labute approximate surface area is 128 Å². The molecule has 0 aliphatic rings. The predicted octanol–water partition coefficient (Wildman–Crippen LogP) is 3.27. The van der Waals surface area contributed by atoms with E-state index in [0.29, 0.717) is 24.7 Å². The zero-order chi connectivity index (χ0) is 15.8. The molecule has 0 aliphatic heterocycles. The molecule has 0 saturated heterocycles. The average Bonchev–Trinajstić information content (AvgIpc) is 2.53.